The van der Waals surface area contributed by atoms with Gasteiger partial charge in [-0.3, -0.25) is 0 Å². The third-order valence-electron chi connectivity index (χ3n) is 3.31. The van der Waals surface area contributed by atoms with Gasteiger partial charge in [-0.1, -0.05) is 0 Å². The number of aromatic nitrogens is 2. The summed E-state index contributed by atoms with van der Waals surface area (Å²) in [5.41, 5.74) is 0.585. The van der Waals surface area contributed by atoms with Gasteiger partial charge in [0.05, 0.1) is 13.2 Å². The summed E-state index contributed by atoms with van der Waals surface area (Å²) in [7, 11) is -3.51. The molecular formula is C12H15N3O3S. The molecule has 2 aromatic rings. The number of sulfonamides is 1. The van der Waals surface area contributed by atoms with Crippen LogP contribution in [-0.4, -0.2) is 48.5 Å². The maximum atomic E-state index is 12.7. The summed E-state index contributed by atoms with van der Waals surface area (Å²) in [6.07, 6.45) is 3.14. The molecular weight excluding hydrogens is 266 g/mol. The SMILES string of the molecule is CC1COCCN1S(=O)(=O)c1c[nH]c2ncccc12. The minimum atomic E-state index is -3.51. The molecule has 0 bridgehead atoms. The van der Waals surface area contributed by atoms with Crippen molar-refractivity contribution >= 4 is 21.1 Å². The largest absolute Gasteiger partial charge is 0.378 e. The summed E-state index contributed by atoms with van der Waals surface area (Å²) in [6.45, 7) is 3.10. The number of hydrogen-bond acceptors (Lipinski definition) is 4. The number of rotatable bonds is 2. The smallest absolute Gasteiger partial charge is 0.245 e. The van der Waals surface area contributed by atoms with Crippen LogP contribution in [0.5, 0.6) is 0 Å². The van der Waals surface area contributed by atoms with E-state index in [-0.39, 0.29) is 10.9 Å². The Morgan fingerprint density at radius 3 is 3.16 bits per heavy atom. The average molecular weight is 281 g/mol. The molecule has 1 saturated heterocycles. The fraction of sp³-hybridized carbons (Fsp3) is 0.417. The Morgan fingerprint density at radius 2 is 2.37 bits per heavy atom. The van der Waals surface area contributed by atoms with Crippen molar-refractivity contribution in [3.8, 4) is 0 Å². The lowest BCUT2D eigenvalue weighted by Gasteiger charge is -2.31. The van der Waals surface area contributed by atoms with Crippen molar-refractivity contribution in [2.75, 3.05) is 19.8 Å². The third-order valence-corrected chi connectivity index (χ3v) is 5.36. The first-order valence-electron chi connectivity index (χ1n) is 6.12. The highest BCUT2D eigenvalue weighted by atomic mass is 32.2. The molecule has 1 aliphatic rings. The lowest BCUT2D eigenvalue weighted by atomic mass is 10.3. The van der Waals surface area contributed by atoms with Gasteiger partial charge >= 0.3 is 0 Å². The van der Waals surface area contributed by atoms with E-state index in [1.165, 1.54) is 10.5 Å². The van der Waals surface area contributed by atoms with Crippen LogP contribution in [0.1, 0.15) is 6.92 Å². The minimum Gasteiger partial charge on any atom is -0.378 e. The topological polar surface area (TPSA) is 75.3 Å². The molecule has 6 nitrogen and oxygen atoms in total. The number of H-pyrrole nitrogens is 1. The minimum absolute atomic E-state index is 0.152. The molecule has 0 amide bonds. The summed E-state index contributed by atoms with van der Waals surface area (Å²) in [5.74, 6) is 0. The van der Waals surface area contributed by atoms with Gasteiger partial charge < -0.3 is 9.72 Å². The Morgan fingerprint density at radius 1 is 1.53 bits per heavy atom. The van der Waals surface area contributed by atoms with Crippen molar-refractivity contribution in [1.29, 1.82) is 0 Å². The number of fused-ring (bicyclic) bond motifs is 1. The molecule has 1 unspecified atom stereocenters. The van der Waals surface area contributed by atoms with Crippen LogP contribution in [0.3, 0.4) is 0 Å². The van der Waals surface area contributed by atoms with E-state index in [9.17, 15) is 8.42 Å². The van der Waals surface area contributed by atoms with E-state index in [4.69, 9.17) is 4.74 Å². The van der Waals surface area contributed by atoms with Crippen molar-refractivity contribution in [1.82, 2.24) is 14.3 Å². The first kappa shape index (κ1) is 12.6. The van der Waals surface area contributed by atoms with Crippen molar-refractivity contribution in [3.05, 3.63) is 24.5 Å². The Kier molecular flexibility index (Phi) is 3.04. The second-order valence-corrected chi connectivity index (χ2v) is 6.45. The van der Waals surface area contributed by atoms with Crippen LogP contribution < -0.4 is 0 Å². The molecule has 0 aliphatic carbocycles. The predicted molar refractivity (Wildman–Crippen MR) is 70.3 cm³/mol. The average Bonchev–Trinajstić information content (AvgIpc) is 2.83. The van der Waals surface area contributed by atoms with Crippen LogP contribution in [0.4, 0.5) is 0 Å². The van der Waals surface area contributed by atoms with Gasteiger partial charge in [0.15, 0.2) is 0 Å². The highest BCUT2D eigenvalue weighted by Crippen LogP contribution is 2.26. The lowest BCUT2D eigenvalue weighted by Crippen LogP contribution is -2.46. The highest BCUT2D eigenvalue weighted by molar-refractivity contribution is 7.89. The van der Waals surface area contributed by atoms with Crippen LogP contribution in [0.2, 0.25) is 0 Å². The number of morpholine rings is 1. The van der Waals surface area contributed by atoms with E-state index >= 15 is 0 Å². The number of ether oxygens (including phenoxy) is 1. The van der Waals surface area contributed by atoms with Crippen LogP contribution in [-0.2, 0) is 14.8 Å². The molecule has 1 atom stereocenters. The number of aromatic amines is 1. The third kappa shape index (κ3) is 2.03. The Balaban J connectivity index is 2.09. The highest BCUT2D eigenvalue weighted by Gasteiger charge is 2.33. The van der Waals surface area contributed by atoms with E-state index < -0.39 is 10.0 Å². The second kappa shape index (κ2) is 4.59. The molecule has 0 aromatic carbocycles. The van der Waals surface area contributed by atoms with Crippen LogP contribution >= 0.6 is 0 Å². The van der Waals surface area contributed by atoms with Gasteiger partial charge in [0, 0.05) is 30.4 Å². The quantitative estimate of drug-likeness (QED) is 0.890. The molecule has 0 radical (unpaired) electrons. The monoisotopic (exact) mass is 281 g/mol. The van der Waals surface area contributed by atoms with Gasteiger partial charge in [0.2, 0.25) is 10.0 Å². The second-order valence-electron chi connectivity index (χ2n) is 4.59. The van der Waals surface area contributed by atoms with E-state index in [2.05, 4.69) is 9.97 Å². The fourth-order valence-electron chi connectivity index (χ4n) is 2.34. The zero-order valence-electron chi connectivity index (χ0n) is 10.5. The Bertz CT molecular complexity index is 695. The lowest BCUT2D eigenvalue weighted by molar-refractivity contribution is 0.0393. The summed E-state index contributed by atoms with van der Waals surface area (Å²) in [5, 5.41) is 0.626. The summed E-state index contributed by atoms with van der Waals surface area (Å²) < 4.78 is 32.2. The Labute approximate surface area is 111 Å². The van der Waals surface area contributed by atoms with Crippen LogP contribution in [0.15, 0.2) is 29.4 Å². The van der Waals surface area contributed by atoms with Gasteiger partial charge in [-0.25, -0.2) is 13.4 Å². The molecule has 1 aliphatic heterocycles. The number of hydrogen-bond donors (Lipinski definition) is 1. The van der Waals surface area contributed by atoms with E-state index in [0.717, 1.165) is 0 Å². The molecule has 2 aromatic heterocycles. The molecule has 102 valence electrons. The number of pyridine rings is 1. The molecule has 0 spiro atoms. The first-order chi connectivity index (χ1) is 9.10. The summed E-state index contributed by atoms with van der Waals surface area (Å²) in [6, 6.07) is 3.34. The van der Waals surface area contributed by atoms with E-state index in [1.807, 2.05) is 6.92 Å². The van der Waals surface area contributed by atoms with Gasteiger partial charge in [-0.05, 0) is 19.1 Å². The number of nitrogens with zero attached hydrogens (tertiary/aromatic N) is 2. The molecule has 1 fully saturated rings. The maximum Gasteiger partial charge on any atom is 0.245 e. The molecule has 3 rings (SSSR count). The molecule has 19 heavy (non-hydrogen) atoms. The predicted octanol–water partition coefficient (Wildman–Crippen LogP) is 0.972. The van der Waals surface area contributed by atoms with E-state index in [0.29, 0.717) is 30.8 Å². The van der Waals surface area contributed by atoms with Crippen LogP contribution in [0.25, 0.3) is 11.0 Å². The molecule has 7 heteroatoms. The van der Waals surface area contributed by atoms with E-state index in [1.54, 1.807) is 18.3 Å². The standard InChI is InChI=1S/C12H15N3O3S/c1-9-8-18-6-5-15(9)19(16,17)11-7-14-12-10(11)3-2-4-13-12/h2-4,7,9H,5-6,8H2,1H3,(H,13,14). The first-order valence-corrected chi connectivity index (χ1v) is 7.56. The van der Waals surface area contributed by atoms with Crippen molar-refractivity contribution in [3.63, 3.8) is 0 Å². The van der Waals surface area contributed by atoms with Gasteiger partial charge in [0.25, 0.3) is 0 Å². The molecule has 0 saturated carbocycles. The van der Waals surface area contributed by atoms with Gasteiger partial charge in [0.1, 0.15) is 10.5 Å². The summed E-state index contributed by atoms with van der Waals surface area (Å²) >= 11 is 0. The van der Waals surface area contributed by atoms with Crippen molar-refractivity contribution in [2.24, 2.45) is 0 Å². The molecule has 1 N–H and O–H groups in total. The normalized spacial score (nSPS) is 21.8. The van der Waals surface area contributed by atoms with Gasteiger partial charge in [-0.2, -0.15) is 4.31 Å². The zero-order valence-corrected chi connectivity index (χ0v) is 11.4. The van der Waals surface area contributed by atoms with Crippen molar-refractivity contribution in [2.45, 2.75) is 17.9 Å². The summed E-state index contributed by atoms with van der Waals surface area (Å²) in [4.78, 5) is 7.30. The van der Waals surface area contributed by atoms with Crippen LogP contribution in [0, 0.1) is 0 Å². The number of nitrogens with one attached hydrogen (secondary N) is 1. The Hall–Kier alpha value is -1.44. The van der Waals surface area contributed by atoms with Gasteiger partial charge in [-0.15, -0.1) is 0 Å². The zero-order chi connectivity index (χ0) is 13.5. The van der Waals surface area contributed by atoms with Crippen molar-refractivity contribution < 1.29 is 13.2 Å². The fourth-order valence-corrected chi connectivity index (χ4v) is 4.09. The maximum absolute atomic E-state index is 12.7. The molecule has 3 heterocycles.